The average Bonchev–Trinajstić information content (AvgIpc) is 2.62. The normalized spacial score (nSPS) is 10.6. The van der Waals surface area contributed by atoms with Gasteiger partial charge >= 0.3 is 0 Å². The fourth-order valence-electron chi connectivity index (χ4n) is 2.77. The summed E-state index contributed by atoms with van der Waals surface area (Å²) in [7, 11) is 3.84. The minimum Gasteiger partial charge on any atom is -0.507 e. The van der Waals surface area contributed by atoms with Crippen molar-refractivity contribution >= 4 is 28.0 Å². The predicted octanol–water partition coefficient (Wildman–Crippen LogP) is 4.07. The summed E-state index contributed by atoms with van der Waals surface area (Å²) in [5.41, 5.74) is 1.64. The number of hydrogen-bond donors (Lipinski definition) is 1. The molecule has 0 bridgehead atoms. The smallest absolute Gasteiger partial charge is 0.174 e. The van der Waals surface area contributed by atoms with Crippen LogP contribution in [0.25, 0.3) is 10.8 Å². The summed E-state index contributed by atoms with van der Waals surface area (Å²) >= 11 is 0. The fourth-order valence-corrected chi connectivity index (χ4v) is 2.77. The molecular weight excluding hydrogens is 314 g/mol. The van der Waals surface area contributed by atoms with Crippen LogP contribution in [-0.4, -0.2) is 30.8 Å². The SMILES string of the molecule is CN(C)c1ccc(C(=O)CC(=O)c2ccc3ccccc3c2O)cc1. The highest BCUT2D eigenvalue weighted by Gasteiger charge is 2.18. The fraction of sp³-hybridized carbons (Fsp3) is 0.143. The second kappa shape index (κ2) is 6.77. The zero-order chi connectivity index (χ0) is 18.0. The molecule has 0 saturated carbocycles. The second-order valence-corrected chi connectivity index (χ2v) is 6.15. The first kappa shape index (κ1) is 16.7. The zero-order valence-corrected chi connectivity index (χ0v) is 14.2. The van der Waals surface area contributed by atoms with E-state index in [1.54, 1.807) is 36.4 Å². The van der Waals surface area contributed by atoms with Crippen molar-refractivity contribution in [3.8, 4) is 5.75 Å². The molecule has 0 heterocycles. The number of Topliss-reactive ketones (excluding diaryl/α,β-unsaturated/α-hetero) is 2. The van der Waals surface area contributed by atoms with E-state index in [2.05, 4.69) is 0 Å². The zero-order valence-electron chi connectivity index (χ0n) is 14.2. The number of anilines is 1. The molecule has 0 fully saturated rings. The number of nitrogens with zero attached hydrogens (tertiary/aromatic N) is 1. The third kappa shape index (κ3) is 3.38. The highest BCUT2D eigenvalue weighted by Crippen LogP contribution is 2.29. The van der Waals surface area contributed by atoms with Crippen LogP contribution in [0.3, 0.4) is 0 Å². The highest BCUT2D eigenvalue weighted by molar-refractivity contribution is 6.16. The maximum Gasteiger partial charge on any atom is 0.174 e. The molecule has 0 aliphatic carbocycles. The van der Waals surface area contributed by atoms with Gasteiger partial charge in [0.25, 0.3) is 0 Å². The number of fused-ring (bicyclic) bond motifs is 1. The molecule has 126 valence electrons. The van der Waals surface area contributed by atoms with Crippen molar-refractivity contribution in [2.24, 2.45) is 0 Å². The summed E-state index contributed by atoms with van der Waals surface area (Å²) in [5, 5.41) is 11.8. The molecule has 0 amide bonds. The Morgan fingerprint density at radius 2 is 1.56 bits per heavy atom. The number of aromatic hydroxyl groups is 1. The summed E-state index contributed by atoms with van der Waals surface area (Å²) in [6.07, 6.45) is -0.271. The van der Waals surface area contributed by atoms with Gasteiger partial charge in [0.05, 0.1) is 12.0 Å². The largest absolute Gasteiger partial charge is 0.507 e. The molecule has 4 nitrogen and oxygen atoms in total. The van der Waals surface area contributed by atoms with E-state index < -0.39 is 0 Å². The Bertz CT molecular complexity index is 943. The van der Waals surface area contributed by atoms with Gasteiger partial charge in [-0.3, -0.25) is 9.59 Å². The summed E-state index contributed by atoms with van der Waals surface area (Å²) in [5.74, 6) is -0.716. The molecule has 0 radical (unpaired) electrons. The number of hydrogen-bond acceptors (Lipinski definition) is 4. The Hall–Kier alpha value is -3.14. The molecule has 0 unspecified atom stereocenters. The molecule has 0 aromatic heterocycles. The van der Waals surface area contributed by atoms with Gasteiger partial charge in [-0.05, 0) is 35.7 Å². The molecule has 1 N–H and O–H groups in total. The van der Waals surface area contributed by atoms with Crippen LogP contribution in [0.2, 0.25) is 0 Å². The average molecular weight is 333 g/mol. The molecule has 3 rings (SSSR count). The van der Waals surface area contributed by atoms with Crippen molar-refractivity contribution < 1.29 is 14.7 Å². The van der Waals surface area contributed by atoms with Crippen LogP contribution in [-0.2, 0) is 0 Å². The van der Waals surface area contributed by atoms with E-state index in [9.17, 15) is 14.7 Å². The topological polar surface area (TPSA) is 57.6 Å². The van der Waals surface area contributed by atoms with Crippen molar-refractivity contribution in [1.29, 1.82) is 0 Å². The number of phenols is 1. The minimum absolute atomic E-state index is 0.0705. The summed E-state index contributed by atoms with van der Waals surface area (Å²) in [4.78, 5) is 26.8. The standard InChI is InChI=1S/C21H19NO3/c1-22(2)16-10-7-15(8-11-16)19(23)13-20(24)18-12-9-14-5-3-4-6-17(14)21(18)25/h3-12,25H,13H2,1-2H3. The quantitative estimate of drug-likeness (QED) is 0.565. The maximum atomic E-state index is 12.5. The van der Waals surface area contributed by atoms with Gasteiger partial charge in [0, 0.05) is 30.7 Å². The third-order valence-corrected chi connectivity index (χ3v) is 4.23. The molecule has 4 heteroatoms. The van der Waals surface area contributed by atoms with Gasteiger partial charge in [0.2, 0.25) is 0 Å². The lowest BCUT2D eigenvalue weighted by atomic mass is 9.98. The number of benzene rings is 3. The number of carbonyl (C=O) groups excluding carboxylic acids is 2. The first-order valence-corrected chi connectivity index (χ1v) is 8.02. The van der Waals surface area contributed by atoms with Crippen molar-refractivity contribution in [3.63, 3.8) is 0 Å². The van der Waals surface area contributed by atoms with Crippen LogP contribution >= 0.6 is 0 Å². The van der Waals surface area contributed by atoms with Crippen molar-refractivity contribution in [2.45, 2.75) is 6.42 Å². The lowest BCUT2D eigenvalue weighted by molar-refractivity contribution is 0.0893. The summed E-state index contributed by atoms with van der Waals surface area (Å²) in [6, 6.07) is 17.7. The Kier molecular flexibility index (Phi) is 4.52. The molecule has 0 spiro atoms. The first-order valence-electron chi connectivity index (χ1n) is 8.02. The van der Waals surface area contributed by atoms with Crippen molar-refractivity contribution in [3.05, 3.63) is 71.8 Å². The van der Waals surface area contributed by atoms with E-state index in [1.807, 2.05) is 43.3 Å². The Labute approximate surface area is 146 Å². The Balaban J connectivity index is 1.82. The predicted molar refractivity (Wildman–Crippen MR) is 99.7 cm³/mol. The summed E-state index contributed by atoms with van der Waals surface area (Å²) < 4.78 is 0. The Morgan fingerprint density at radius 3 is 2.24 bits per heavy atom. The molecular formula is C21H19NO3. The molecule has 0 aliphatic rings. The molecule has 3 aromatic carbocycles. The van der Waals surface area contributed by atoms with E-state index in [4.69, 9.17) is 0 Å². The first-order chi connectivity index (χ1) is 12.0. The highest BCUT2D eigenvalue weighted by atomic mass is 16.3. The van der Waals surface area contributed by atoms with Crippen LogP contribution < -0.4 is 4.90 Å². The van der Waals surface area contributed by atoms with Gasteiger partial charge in [-0.15, -0.1) is 0 Å². The monoisotopic (exact) mass is 333 g/mol. The molecule has 0 atom stereocenters. The van der Waals surface area contributed by atoms with E-state index in [-0.39, 0.29) is 29.3 Å². The van der Waals surface area contributed by atoms with E-state index in [0.29, 0.717) is 10.9 Å². The van der Waals surface area contributed by atoms with Gasteiger partial charge in [-0.25, -0.2) is 0 Å². The third-order valence-electron chi connectivity index (χ3n) is 4.23. The van der Waals surface area contributed by atoms with Crippen molar-refractivity contribution in [1.82, 2.24) is 0 Å². The van der Waals surface area contributed by atoms with E-state index in [0.717, 1.165) is 11.1 Å². The molecule has 0 saturated heterocycles. The molecule has 3 aromatic rings. The van der Waals surface area contributed by atoms with Gasteiger partial charge < -0.3 is 10.0 Å². The van der Waals surface area contributed by atoms with Crippen LogP contribution in [0.15, 0.2) is 60.7 Å². The molecule has 0 aliphatic heterocycles. The van der Waals surface area contributed by atoms with Crippen LogP contribution in [0, 0.1) is 0 Å². The number of carbonyl (C=O) groups is 2. The van der Waals surface area contributed by atoms with Crippen LogP contribution in [0.5, 0.6) is 5.75 Å². The maximum absolute atomic E-state index is 12.5. The Morgan fingerprint density at radius 1 is 0.880 bits per heavy atom. The second-order valence-electron chi connectivity index (χ2n) is 6.15. The van der Waals surface area contributed by atoms with E-state index in [1.165, 1.54) is 0 Å². The number of rotatable bonds is 5. The van der Waals surface area contributed by atoms with Gasteiger partial charge in [0.1, 0.15) is 5.75 Å². The lowest BCUT2D eigenvalue weighted by Gasteiger charge is -2.12. The van der Waals surface area contributed by atoms with Crippen LogP contribution in [0.4, 0.5) is 5.69 Å². The number of ketones is 2. The minimum atomic E-state index is -0.384. The van der Waals surface area contributed by atoms with Gasteiger partial charge in [0.15, 0.2) is 11.6 Å². The van der Waals surface area contributed by atoms with Crippen molar-refractivity contribution in [2.75, 3.05) is 19.0 Å². The van der Waals surface area contributed by atoms with Gasteiger partial charge in [-0.1, -0.05) is 30.3 Å². The van der Waals surface area contributed by atoms with Crippen LogP contribution in [0.1, 0.15) is 27.1 Å². The molecule has 25 heavy (non-hydrogen) atoms. The lowest BCUT2D eigenvalue weighted by Crippen LogP contribution is -2.11. The summed E-state index contributed by atoms with van der Waals surface area (Å²) in [6.45, 7) is 0. The number of phenolic OH excluding ortho intramolecular Hbond substituents is 1. The van der Waals surface area contributed by atoms with E-state index >= 15 is 0 Å². The van der Waals surface area contributed by atoms with Gasteiger partial charge in [-0.2, -0.15) is 0 Å².